The summed E-state index contributed by atoms with van der Waals surface area (Å²) in [5, 5.41) is 16.5. The van der Waals surface area contributed by atoms with Gasteiger partial charge in [0.2, 0.25) is 11.1 Å². The molecule has 126 valence electrons. The Kier molecular flexibility index (Phi) is 6.90. The van der Waals surface area contributed by atoms with Crippen molar-refractivity contribution < 1.29 is 9.53 Å². The number of hydrogen-bond donors (Lipinski definition) is 1. The fourth-order valence-electron chi connectivity index (χ4n) is 1.67. The highest BCUT2D eigenvalue weighted by atomic mass is 35.5. The van der Waals surface area contributed by atoms with Crippen LogP contribution < -0.4 is 4.74 Å². The molecule has 2 rings (SSSR count). The van der Waals surface area contributed by atoms with Gasteiger partial charge in [0.05, 0.1) is 18.2 Å². The van der Waals surface area contributed by atoms with Gasteiger partial charge < -0.3 is 9.64 Å². The molecule has 0 unspecified atom stereocenters. The summed E-state index contributed by atoms with van der Waals surface area (Å²) in [6, 6.07) is 9.03. The number of H-pyrrole nitrogens is 1. The Morgan fingerprint density at radius 3 is 2.92 bits per heavy atom. The molecule has 1 N–H and O–H groups in total. The van der Waals surface area contributed by atoms with Crippen molar-refractivity contribution in [2.24, 2.45) is 0 Å². The minimum atomic E-state index is -0.0704. The van der Waals surface area contributed by atoms with Crippen molar-refractivity contribution in [2.75, 3.05) is 19.3 Å². The molecule has 0 saturated heterocycles. The van der Waals surface area contributed by atoms with E-state index < -0.39 is 0 Å². The molecule has 0 fully saturated rings. The molecule has 1 amide bonds. The maximum Gasteiger partial charge on any atom is 0.232 e. The Balaban J connectivity index is 1.77. The van der Waals surface area contributed by atoms with Crippen LogP contribution in [0, 0.1) is 11.3 Å². The third-order valence-electron chi connectivity index (χ3n) is 3.01. The summed E-state index contributed by atoms with van der Waals surface area (Å²) in [6.07, 6.45) is 0.319. The first-order valence-corrected chi connectivity index (χ1v) is 8.48. The molecule has 0 spiro atoms. The second kappa shape index (κ2) is 9.15. The number of halogens is 1. The first-order chi connectivity index (χ1) is 11.6. The van der Waals surface area contributed by atoms with Gasteiger partial charge in [-0.1, -0.05) is 23.4 Å². The van der Waals surface area contributed by atoms with Gasteiger partial charge in [0.15, 0.2) is 5.82 Å². The molecule has 1 aromatic carbocycles. The number of benzene rings is 1. The van der Waals surface area contributed by atoms with Crippen molar-refractivity contribution >= 4 is 29.3 Å². The van der Waals surface area contributed by atoms with E-state index in [4.69, 9.17) is 21.6 Å². The van der Waals surface area contributed by atoms with Crippen molar-refractivity contribution in [2.45, 2.75) is 18.2 Å². The number of nitrogens with one attached hydrogen (secondary N) is 1. The van der Waals surface area contributed by atoms with Crippen LogP contribution in [0.1, 0.15) is 12.2 Å². The number of ether oxygens (including phenoxy) is 1. The van der Waals surface area contributed by atoms with E-state index in [1.807, 2.05) is 6.07 Å². The molecule has 1 aromatic heterocycles. The van der Waals surface area contributed by atoms with E-state index in [1.165, 1.54) is 16.7 Å². The summed E-state index contributed by atoms with van der Waals surface area (Å²) in [6.45, 7) is 0.662. The fraction of sp³-hybridized carbons (Fsp3) is 0.333. The number of nitrogens with zero attached hydrogens (tertiary/aromatic N) is 4. The first-order valence-electron chi connectivity index (χ1n) is 7.12. The molecular formula is C15H16ClN5O2S. The summed E-state index contributed by atoms with van der Waals surface area (Å²) in [5.74, 6) is 1.40. The van der Waals surface area contributed by atoms with Crippen molar-refractivity contribution in [3.63, 3.8) is 0 Å². The molecule has 24 heavy (non-hydrogen) atoms. The van der Waals surface area contributed by atoms with E-state index in [-0.39, 0.29) is 18.3 Å². The zero-order chi connectivity index (χ0) is 17.4. The van der Waals surface area contributed by atoms with E-state index in [0.717, 1.165) is 0 Å². The Hall–Kier alpha value is -2.24. The molecule has 0 aliphatic carbocycles. The largest absolute Gasteiger partial charge is 0.486 e. The Morgan fingerprint density at radius 1 is 1.46 bits per heavy atom. The molecule has 0 aliphatic heterocycles. The molecule has 0 atom stereocenters. The SMILES string of the molecule is CN(CCC#N)C(=O)CSc1n[nH]c(COc2ccc(Cl)cc2)n1. The number of carbonyl (C=O) groups excluding carboxylic acids is 1. The van der Waals surface area contributed by atoms with E-state index >= 15 is 0 Å². The number of rotatable bonds is 8. The van der Waals surface area contributed by atoms with Crippen molar-refractivity contribution in [3.8, 4) is 11.8 Å². The normalized spacial score (nSPS) is 10.2. The van der Waals surface area contributed by atoms with Crippen LogP contribution in [-0.4, -0.2) is 45.3 Å². The molecule has 0 aliphatic rings. The first kappa shape index (κ1) is 18.1. The van der Waals surface area contributed by atoms with Gasteiger partial charge >= 0.3 is 0 Å². The minimum absolute atomic E-state index is 0.0704. The van der Waals surface area contributed by atoms with Crippen LogP contribution in [0.4, 0.5) is 0 Å². The van der Waals surface area contributed by atoms with Crippen molar-refractivity contribution in [1.82, 2.24) is 20.1 Å². The Morgan fingerprint density at radius 2 is 2.21 bits per heavy atom. The van der Waals surface area contributed by atoms with Crippen LogP contribution in [0.15, 0.2) is 29.4 Å². The summed E-state index contributed by atoms with van der Waals surface area (Å²) in [7, 11) is 1.67. The van der Waals surface area contributed by atoms with E-state index in [9.17, 15) is 4.79 Å². The number of aromatic nitrogens is 3. The van der Waals surface area contributed by atoms with Crippen LogP contribution in [0.2, 0.25) is 5.02 Å². The van der Waals surface area contributed by atoms with E-state index in [1.54, 1.807) is 31.3 Å². The van der Waals surface area contributed by atoms with Gasteiger partial charge in [0, 0.05) is 18.6 Å². The lowest BCUT2D eigenvalue weighted by Crippen LogP contribution is -2.29. The maximum atomic E-state index is 11.9. The summed E-state index contributed by atoms with van der Waals surface area (Å²) in [4.78, 5) is 17.6. The highest BCUT2D eigenvalue weighted by Crippen LogP contribution is 2.17. The van der Waals surface area contributed by atoms with Crippen LogP contribution >= 0.6 is 23.4 Å². The molecule has 0 radical (unpaired) electrons. The Bertz CT molecular complexity index is 713. The number of nitriles is 1. The van der Waals surface area contributed by atoms with Crippen LogP contribution in [0.25, 0.3) is 0 Å². The lowest BCUT2D eigenvalue weighted by atomic mass is 10.3. The highest BCUT2D eigenvalue weighted by Gasteiger charge is 2.11. The Labute approximate surface area is 149 Å². The number of amides is 1. The van der Waals surface area contributed by atoms with Crippen LogP contribution in [0.3, 0.4) is 0 Å². The molecule has 0 saturated carbocycles. The van der Waals surface area contributed by atoms with Gasteiger partial charge in [0.25, 0.3) is 0 Å². The van der Waals surface area contributed by atoms with Gasteiger partial charge in [-0.2, -0.15) is 5.26 Å². The molecule has 9 heteroatoms. The number of carbonyl (C=O) groups is 1. The summed E-state index contributed by atoms with van der Waals surface area (Å²) in [5.41, 5.74) is 0. The van der Waals surface area contributed by atoms with E-state index in [2.05, 4.69) is 15.2 Å². The molecule has 7 nitrogen and oxygen atoms in total. The van der Waals surface area contributed by atoms with Crippen molar-refractivity contribution in [3.05, 3.63) is 35.1 Å². The molecule has 1 heterocycles. The third-order valence-corrected chi connectivity index (χ3v) is 4.09. The van der Waals surface area contributed by atoms with Gasteiger partial charge in [0.1, 0.15) is 12.4 Å². The minimum Gasteiger partial charge on any atom is -0.486 e. The highest BCUT2D eigenvalue weighted by molar-refractivity contribution is 7.99. The second-order valence-corrected chi connectivity index (χ2v) is 6.20. The number of hydrogen-bond acceptors (Lipinski definition) is 6. The van der Waals surface area contributed by atoms with Gasteiger partial charge in [-0.05, 0) is 24.3 Å². The number of aromatic amines is 1. The molecule has 0 bridgehead atoms. The lowest BCUT2D eigenvalue weighted by molar-refractivity contribution is -0.127. The van der Waals surface area contributed by atoms with E-state index in [0.29, 0.717) is 34.7 Å². The zero-order valence-corrected chi connectivity index (χ0v) is 14.6. The monoisotopic (exact) mass is 365 g/mol. The standard InChI is InChI=1S/C15H16ClN5O2S/c1-21(8-2-7-17)14(22)10-24-15-18-13(19-20-15)9-23-12-5-3-11(16)4-6-12/h3-6H,2,8-10H2,1H3,(H,18,19,20). The van der Waals surface area contributed by atoms with Crippen molar-refractivity contribution in [1.29, 1.82) is 5.26 Å². The fourth-order valence-corrected chi connectivity index (χ4v) is 2.55. The lowest BCUT2D eigenvalue weighted by Gasteiger charge is -2.14. The summed E-state index contributed by atoms with van der Waals surface area (Å²) < 4.78 is 5.56. The molecule has 2 aromatic rings. The summed E-state index contributed by atoms with van der Waals surface area (Å²) >= 11 is 7.04. The predicted octanol–water partition coefficient (Wildman–Crippen LogP) is 2.50. The molecular weight excluding hydrogens is 350 g/mol. The zero-order valence-electron chi connectivity index (χ0n) is 13.0. The van der Waals surface area contributed by atoms with Gasteiger partial charge in [-0.3, -0.25) is 9.89 Å². The average Bonchev–Trinajstić information content (AvgIpc) is 3.05. The second-order valence-electron chi connectivity index (χ2n) is 4.82. The number of thioether (sulfide) groups is 1. The quantitative estimate of drug-likeness (QED) is 0.722. The topological polar surface area (TPSA) is 94.9 Å². The smallest absolute Gasteiger partial charge is 0.232 e. The van der Waals surface area contributed by atoms with Gasteiger partial charge in [-0.25, -0.2) is 4.98 Å². The van der Waals surface area contributed by atoms with Gasteiger partial charge in [-0.15, -0.1) is 5.10 Å². The van der Waals surface area contributed by atoms with Crippen LogP contribution in [0.5, 0.6) is 5.75 Å². The average molecular weight is 366 g/mol. The maximum absolute atomic E-state index is 11.9. The predicted molar refractivity (Wildman–Crippen MR) is 90.8 cm³/mol. The third kappa shape index (κ3) is 5.76. The van der Waals surface area contributed by atoms with Crippen LogP contribution in [-0.2, 0) is 11.4 Å².